The first-order valence-corrected chi connectivity index (χ1v) is 9.54. The topological polar surface area (TPSA) is 74.7 Å². The van der Waals surface area contributed by atoms with Crippen LogP contribution in [0.15, 0.2) is 30.3 Å². The quantitative estimate of drug-likeness (QED) is 0.849. The number of nitrogens with zero attached hydrogens (tertiary/aromatic N) is 1. The fourth-order valence-electron chi connectivity index (χ4n) is 2.26. The van der Waals surface area contributed by atoms with E-state index in [0.717, 1.165) is 17.5 Å². The molecule has 1 fully saturated rings. The molecule has 1 heterocycles. The van der Waals surface area contributed by atoms with Gasteiger partial charge >= 0.3 is 5.97 Å². The van der Waals surface area contributed by atoms with Crippen LogP contribution in [-0.2, 0) is 14.6 Å². The summed E-state index contributed by atoms with van der Waals surface area (Å²) in [7, 11) is -3.21. The molecule has 1 aliphatic rings. The van der Waals surface area contributed by atoms with Crippen LogP contribution in [0.25, 0.3) is 6.08 Å². The number of thioether (sulfide) groups is 1. The van der Waals surface area contributed by atoms with E-state index in [1.807, 2.05) is 17.0 Å². The van der Waals surface area contributed by atoms with E-state index in [1.54, 1.807) is 23.9 Å². The van der Waals surface area contributed by atoms with E-state index < -0.39 is 21.2 Å². The Morgan fingerprint density at radius 3 is 2.81 bits per heavy atom. The Balaban J connectivity index is 2.42. The first kappa shape index (κ1) is 15.9. The van der Waals surface area contributed by atoms with Crippen molar-refractivity contribution in [2.24, 2.45) is 0 Å². The minimum Gasteiger partial charge on any atom is -0.478 e. The van der Waals surface area contributed by atoms with Crippen molar-refractivity contribution >= 4 is 39.3 Å². The zero-order valence-corrected chi connectivity index (χ0v) is 13.2. The molecule has 1 unspecified atom stereocenters. The number of para-hydroxylation sites is 1. The third kappa shape index (κ3) is 4.01. The average Bonchev–Trinajstić information content (AvgIpc) is 2.44. The summed E-state index contributed by atoms with van der Waals surface area (Å²) in [5.74, 6) is 0.345. The van der Waals surface area contributed by atoms with Gasteiger partial charge in [0.25, 0.3) is 0 Å². The summed E-state index contributed by atoms with van der Waals surface area (Å²) < 4.78 is 24.0. The van der Waals surface area contributed by atoms with Crippen molar-refractivity contribution in [1.82, 2.24) is 0 Å². The van der Waals surface area contributed by atoms with Crippen LogP contribution >= 0.6 is 11.8 Å². The summed E-state index contributed by atoms with van der Waals surface area (Å²) in [5.41, 5.74) is 1.46. The number of benzene rings is 1. The Morgan fingerprint density at radius 1 is 1.43 bits per heavy atom. The molecule has 1 saturated heterocycles. The molecule has 0 radical (unpaired) electrons. The van der Waals surface area contributed by atoms with Gasteiger partial charge in [-0.2, -0.15) is 11.8 Å². The molecular formula is C14H17NO4S2. The highest BCUT2D eigenvalue weighted by Gasteiger charge is 2.31. The van der Waals surface area contributed by atoms with Crippen molar-refractivity contribution in [3.8, 4) is 0 Å². The van der Waals surface area contributed by atoms with E-state index in [9.17, 15) is 13.2 Å². The van der Waals surface area contributed by atoms with E-state index in [2.05, 4.69) is 0 Å². The smallest absolute Gasteiger partial charge is 0.328 e. The van der Waals surface area contributed by atoms with E-state index in [-0.39, 0.29) is 0 Å². The van der Waals surface area contributed by atoms with Gasteiger partial charge in [-0.3, -0.25) is 0 Å². The standard InChI is InChI=1S/C14H17NO4S2/c1-21(18,19)13-10-20-9-8-15(13)12-5-3-2-4-11(12)6-7-14(16)17/h2-7,13H,8-10H2,1H3,(H,16,17). The Bertz CT molecular complexity index is 655. The highest BCUT2D eigenvalue weighted by Crippen LogP contribution is 2.30. The van der Waals surface area contributed by atoms with Gasteiger partial charge in [-0.05, 0) is 17.7 Å². The molecule has 0 aliphatic carbocycles. The molecule has 21 heavy (non-hydrogen) atoms. The molecule has 1 N–H and O–H groups in total. The first-order chi connectivity index (χ1) is 9.89. The molecule has 0 amide bonds. The van der Waals surface area contributed by atoms with Crippen molar-refractivity contribution in [3.63, 3.8) is 0 Å². The van der Waals surface area contributed by atoms with Crippen LogP contribution in [0.3, 0.4) is 0 Å². The molecule has 1 atom stereocenters. The SMILES string of the molecule is CS(=O)(=O)C1CSCCN1c1ccccc1C=CC(=O)O. The monoisotopic (exact) mass is 327 g/mol. The summed E-state index contributed by atoms with van der Waals surface area (Å²) in [4.78, 5) is 12.5. The largest absolute Gasteiger partial charge is 0.478 e. The highest BCUT2D eigenvalue weighted by molar-refractivity contribution is 8.01. The maximum Gasteiger partial charge on any atom is 0.328 e. The van der Waals surface area contributed by atoms with Gasteiger partial charge in [0.15, 0.2) is 9.84 Å². The van der Waals surface area contributed by atoms with Crippen LogP contribution in [-0.4, -0.2) is 49.2 Å². The number of hydrogen-bond acceptors (Lipinski definition) is 5. The Hall–Kier alpha value is -1.47. The average molecular weight is 327 g/mol. The zero-order chi connectivity index (χ0) is 15.5. The van der Waals surface area contributed by atoms with E-state index in [0.29, 0.717) is 17.9 Å². The van der Waals surface area contributed by atoms with Gasteiger partial charge in [0.2, 0.25) is 0 Å². The summed E-state index contributed by atoms with van der Waals surface area (Å²) in [6, 6.07) is 7.25. The van der Waals surface area contributed by atoms with Crippen LogP contribution in [0.2, 0.25) is 0 Å². The minimum absolute atomic E-state index is 0.524. The minimum atomic E-state index is -3.21. The van der Waals surface area contributed by atoms with Gasteiger partial charge in [-0.15, -0.1) is 0 Å². The summed E-state index contributed by atoms with van der Waals surface area (Å²) in [5, 5.41) is 8.18. The first-order valence-electron chi connectivity index (χ1n) is 6.43. The lowest BCUT2D eigenvalue weighted by molar-refractivity contribution is -0.131. The molecule has 1 aliphatic heterocycles. The second-order valence-corrected chi connectivity index (χ2v) is 8.14. The van der Waals surface area contributed by atoms with Gasteiger partial charge in [0, 0.05) is 36.1 Å². The predicted octanol–water partition coefficient (Wildman–Crippen LogP) is 1.71. The van der Waals surface area contributed by atoms with Gasteiger partial charge in [-0.25, -0.2) is 13.2 Å². The second-order valence-electron chi connectivity index (χ2n) is 4.78. The number of carboxylic acid groups (broad SMARTS) is 1. The summed E-state index contributed by atoms with van der Waals surface area (Å²) in [6.45, 7) is 0.625. The molecule has 1 aromatic rings. The Labute approximate surface area is 128 Å². The summed E-state index contributed by atoms with van der Waals surface area (Å²) >= 11 is 1.62. The normalized spacial score (nSPS) is 19.9. The van der Waals surface area contributed by atoms with Gasteiger partial charge in [0.05, 0.1) is 0 Å². The number of carbonyl (C=O) groups is 1. The lowest BCUT2D eigenvalue weighted by atomic mass is 10.1. The third-order valence-electron chi connectivity index (χ3n) is 3.23. The lowest BCUT2D eigenvalue weighted by Gasteiger charge is -2.36. The van der Waals surface area contributed by atoms with Crippen molar-refractivity contribution < 1.29 is 18.3 Å². The molecule has 0 saturated carbocycles. The Morgan fingerprint density at radius 2 is 2.14 bits per heavy atom. The number of aliphatic carboxylic acids is 1. The van der Waals surface area contributed by atoms with Crippen LogP contribution in [0, 0.1) is 0 Å². The van der Waals surface area contributed by atoms with Gasteiger partial charge in [0.1, 0.15) is 5.37 Å². The molecule has 7 heteroatoms. The number of anilines is 1. The van der Waals surface area contributed by atoms with Crippen molar-refractivity contribution in [1.29, 1.82) is 0 Å². The number of hydrogen-bond donors (Lipinski definition) is 1. The maximum absolute atomic E-state index is 12.0. The highest BCUT2D eigenvalue weighted by atomic mass is 32.2. The number of rotatable bonds is 4. The van der Waals surface area contributed by atoms with Crippen LogP contribution in [0.5, 0.6) is 0 Å². The van der Waals surface area contributed by atoms with Crippen LogP contribution in [0.1, 0.15) is 5.56 Å². The molecule has 2 rings (SSSR count). The van der Waals surface area contributed by atoms with Crippen molar-refractivity contribution in [2.75, 3.05) is 29.2 Å². The molecule has 5 nitrogen and oxygen atoms in total. The number of sulfone groups is 1. The molecule has 0 bridgehead atoms. The van der Waals surface area contributed by atoms with E-state index in [1.165, 1.54) is 12.3 Å². The van der Waals surface area contributed by atoms with E-state index in [4.69, 9.17) is 5.11 Å². The lowest BCUT2D eigenvalue weighted by Crippen LogP contribution is -2.47. The molecule has 114 valence electrons. The third-order valence-corrected chi connectivity index (χ3v) is 5.87. The maximum atomic E-state index is 12.0. The van der Waals surface area contributed by atoms with Gasteiger partial charge in [-0.1, -0.05) is 18.2 Å². The molecule has 0 aromatic heterocycles. The summed E-state index contributed by atoms with van der Waals surface area (Å²) in [6.07, 6.45) is 3.80. The van der Waals surface area contributed by atoms with Crippen molar-refractivity contribution in [3.05, 3.63) is 35.9 Å². The second kappa shape index (κ2) is 6.53. The predicted molar refractivity (Wildman–Crippen MR) is 86.4 cm³/mol. The van der Waals surface area contributed by atoms with Crippen molar-refractivity contribution in [2.45, 2.75) is 5.37 Å². The Kier molecular flexibility index (Phi) is 4.95. The van der Waals surface area contributed by atoms with Crippen LogP contribution in [0.4, 0.5) is 5.69 Å². The molecule has 1 aromatic carbocycles. The fraction of sp³-hybridized carbons (Fsp3) is 0.357. The molecule has 0 spiro atoms. The van der Waals surface area contributed by atoms with Crippen LogP contribution < -0.4 is 4.90 Å². The fourth-order valence-corrected chi connectivity index (χ4v) is 5.10. The zero-order valence-electron chi connectivity index (χ0n) is 11.6. The van der Waals surface area contributed by atoms with Gasteiger partial charge < -0.3 is 10.0 Å². The van der Waals surface area contributed by atoms with E-state index >= 15 is 0 Å². The number of carboxylic acids is 1. The molecular weight excluding hydrogens is 310 g/mol.